The number of carbonyl (C=O) groups is 1. The Morgan fingerprint density at radius 1 is 1.19 bits per heavy atom. The van der Waals surface area contributed by atoms with Crippen molar-refractivity contribution in [1.29, 1.82) is 0 Å². The van der Waals surface area contributed by atoms with E-state index in [4.69, 9.17) is 0 Å². The van der Waals surface area contributed by atoms with Crippen molar-refractivity contribution in [2.75, 3.05) is 6.54 Å². The van der Waals surface area contributed by atoms with Crippen molar-refractivity contribution in [2.45, 2.75) is 24.9 Å². The van der Waals surface area contributed by atoms with Crippen LogP contribution < -0.4 is 0 Å². The fourth-order valence-electron chi connectivity index (χ4n) is 3.26. The lowest BCUT2D eigenvalue weighted by Gasteiger charge is -2.23. The Labute approximate surface area is 153 Å². The van der Waals surface area contributed by atoms with E-state index in [1.54, 1.807) is 4.57 Å². The number of carbonyl (C=O) groups excluding carboxylic acids is 1. The van der Waals surface area contributed by atoms with Crippen molar-refractivity contribution in [1.82, 2.24) is 29.6 Å². The van der Waals surface area contributed by atoms with Gasteiger partial charge in [-0.3, -0.25) is 4.79 Å². The van der Waals surface area contributed by atoms with Gasteiger partial charge < -0.3 is 9.47 Å². The van der Waals surface area contributed by atoms with Crippen molar-refractivity contribution in [3.63, 3.8) is 0 Å². The summed E-state index contributed by atoms with van der Waals surface area (Å²) >= 11 is 0. The summed E-state index contributed by atoms with van der Waals surface area (Å²) in [5.74, 6) is -3.22. The Bertz CT molecular complexity index is 931. The van der Waals surface area contributed by atoms with Crippen LogP contribution in [0.4, 0.5) is 8.78 Å². The summed E-state index contributed by atoms with van der Waals surface area (Å²) in [6.07, 6.45) is 4.91. The van der Waals surface area contributed by atoms with Crippen LogP contribution in [0.3, 0.4) is 0 Å². The Hall–Kier alpha value is -3.23. The highest BCUT2D eigenvalue weighted by molar-refractivity contribution is 5.94. The summed E-state index contributed by atoms with van der Waals surface area (Å²) in [4.78, 5) is 21.5. The highest BCUT2D eigenvalue weighted by atomic mass is 19.3. The first-order chi connectivity index (χ1) is 13.0. The van der Waals surface area contributed by atoms with Gasteiger partial charge in [0.1, 0.15) is 12.7 Å². The summed E-state index contributed by atoms with van der Waals surface area (Å²) in [6, 6.07) is 8.67. The van der Waals surface area contributed by atoms with Crippen LogP contribution >= 0.6 is 0 Å². The molecule has 0 spiro atoms. The van der Waals surface area contributed by atoms with E-state index in [9.17, 15) is 13.6 Å². The molecule has 0 aliphatic carbocycles. The summed E-state index contributed by atoms with van der Waals surface area (Å²) in [5.41, 5.74) is 1.15. The molecule has 1 amide bonds. The second-order valence-corrected chi connectivity index (χ2v) is 6.44. The number of aromatic nitrogens is 5. The zero-order chi connectivity index (χ0) is 18.9. The number of amides is 1. The van der Waals surface area contributed by atoms with E-state index in [1.165, 1.54) is 25.0 Å². The Morgan fingerprint density at radius 2 is 1.93 bits per heavy atom. The Balaban J connectivity index is 1.65. The molecule has 1 saturated heterocycles. The van der Waals surface area contributed by atoms with Gasteiger partial charge in [0.15, 0.2) is 5.82 Å². The largest absolute Gasteiger partial charge is 0.322 e. The third-order valence-electron chi connectivity index (χ3n) is 4.48. The molecule has 1 aliphatic heterocycles. The van der Waals surface area contributed by atoms with Crippen LogP contribution in [0.25, 0.3) is 0 Å². The van der Waals surface area contributed by atoms with Crippen LogP contribution in [0, 0.1) is 0 Å². The molecule has 1 atom stereocenters. The van der Waals surface area contributed by atoms with E-state index < -0.39 is 30.8 Å². The summed E-state index contributed by atoms with van der Waals surface area (Å²) < 4.78 is 30.1. The molecule has 9 heteroatoms. The molecule has 3 heterocycles. The lowest BCUT2D eigenvalue weighted by molar-refractivity contribution is 0.0117. The molecule has 0 N–H and O–H groups in total. The monoisotopic (exact) mass is 370 g/mol. The Morgan fingerprint density at radius 3 is 2.67 bits per heavy atom. The minimum absolute atomic E-state index is 0.161. The molecule has 2 aromatic heterocycles. The van der Waals surface area contributed by atoms with E-state index >= 15 is 0 Å². The maximum Gasteiger partial charge on any atom is 0.267 e. The Kier molecular flexibility index (Phi) is 4.35. The molecular weight excluding hydrogens is 354 g/mol. The normalized spacial score (nSPS) is 18.6. The summed E-state index contributed by atoms with van der Waals surface area (Å²) in [5, 5.41) is 7.92. The minimum atomic E-state index is -3.00. The lowest BCUT2D eigenvalue weighted by Crippen LogP contribution is -2.34. The van der Waals surface area contributed by atoms with E-state index in [0.717, 1.165) is 10.5 Å². The fraction of sp³-hybridized carbons (Fsp3) is 0.278. The average Bonchev–Trinajstić information content (AvgIpc) is 3.26. The number of halogens is 2. The second kappa shape index (κ2) is 6.82. The van der Waals surface area contributed by atoms with Gasteiger partial charge in [-0.05, 0) is 5.56 Å². The quantitative estimate of drug-likeness (QED) is 0.705. The number of hydrogen-bond donors (Lipinski definition) is 0. The maximum atomic E-state index is 14.2. The third-order valence-corrected chi connectivity index (χ3v) is 4.48. The lowest BCUT2D eigenvalue weighted by atomic mass is 10.1. The van der Waals surface area contributed by atoms with Crippen molar-refractivity contribution in [3.8, 4) is 0 Å². The first-order valence-electron chi connectivity index (χ1n) is 8.39. The number of alkyl halides is 2. The van der Waals surface area contributed by atoms with Crippen LogP contribution in [-0.4, -0.2) is 48.0 Å². The van der Waals surface area contributed by atoms with Gasteiger partial charge in [0.05, 0.1) is 24.7 Å². The van der Waals surface area contributed by atoms with Crippen LogP contribution in [0.15, 0.2) is 55.4 Å². The molecule has 0 unspecified atom stereocenters. The first-order valence-corrected chi connectivity index (χ1v) is 8.39. The highest BCUT2D eigenvalue weighted by Crippen LogP contribution is 2.41. The van der Waals surface area contributed by atoms with Gasteiger partial charge in [0, 0.05) is 18.8 Å². The molecule has 7 nitrogen and oxygen atoms in total. The zero-order valence-electron chi connectivity index (χ0n) is 14.2. The zero-order valence-corrected chi connectivity index (χ0v) is 14.2. The van der Waals surface area contributed by atoms with Crippen LogP contribution in [0.2, 0.25) is 0 Å². The number of rotatable bonds is 4. The first kappa shape index (κ1) is 17.2. The number of nitrogens with zero attached hydrogens (tertiary/aromatic N) is 6. The minimum Gasteiger partial charge on any atom is -0.322 e. The summed E-state index contributed by atoms with van der Waals surface area (Å²) in [6.45, 7) is -0.245. The average molecular weight is 370 g/mol. The van der Waals surface area contributed by atoms with Crippen LogP contribution in [0.5, 0.6) is 0 Å². The SMILES string of the molecule is O=C(c1cncnc1)N1CC(F)(F)C[C@H]1c1nncn1Cc1ccccc1. The molecule has 1 aromatic carbocycles. The van der Waals surface area contributed by atoms with Crippen molar-refractivity contribution in [2.24, 2.45) is 0 Å². The predicted octanol–water partition coefficient (Wildman–Crippen LogP) is 2.34. The molecule has 1 fully saturated rings. The standard InChI is InChI=1S/C18H16F2N6O/c19-18(20)6-15(26(10-18)17(27)14-7-21-11-22-8-14)16-24-23-12-25(16)9-13-4-2-1-3-5-13/h1-5,7-8,11-12,15H,6,9-10H2/t15-/m0/s1. The van der Waals surface area contributed by atoms with E-state index in [0.29, 0.717) is 12.4 Å². The number of hydrogen-bond acceptors (Lipinski definition) is 5. The topological polar surface area (TPSA) is 76.8 Å². The molecule has 138 valence electrons. The second-order valence-electron chi connectivity index (χ2n) is 6.44. The van der Waals surface area contributed by atoms with Crippen LogP contribution in [0.1, 0.15) is 34.2 Å². The van der Waals surface area contributed by atoms with Gasteiger partial charge in [-0.1, -0.05) is 30.3 Å². The van der Waals surface area contributed by atoms with Crippen molar-refractivity contribution in [3.05, 3.63) is 72.3 Å². The molecule has 0 saturated carbocycles. The van der Waals surface area contributed by atoms with Gasteiger partial charge >= 0.3 is 0 Å². The highest BCUT2D eigenvalue weighted by Gasteiger charge is 2.49. The smallest absolute Gasteiger partial charge is 0.267 e. The molecular formula is C18H16F2N6O. The van der Waals surface area contributed by atoms with Gasteiger partial charge in [-0.15, -0.1) is 10.2 Å². The van der Waals surface area contributed by atoms with Gasteiger partial charge in [0.2, 0.25) is 0 Å². The van der Waals surface area contributed by atoms with Crippen molar-refractivity contribution >= 4 is 5.91 Å². The number of likely N-dealkylation sites (tertiary alicyclic amines) is 1. The molecule has 4 rings (SSSR count). The molecule has 1 aliphatic rings. The number of benzene rings is 1. The molecule has 3 aromatic rings. The van der Waals surface area contributed by atoms with Crippen LogP contribution in [-0.2, 0) is 6.54 Å². The third kappa shape index (κ3) is 3.53. The maximum absolute atomic E-state index is 14.2. The fourth-order valence-corrected chi connectivity index (χ4v) is 3.26. The molecule has 0 bridgehead atoms. The van der Waals surface area contributed by atoms with Crippen molar-refractivity contribution < 1.29 is 13.6 Å². The van der Waals surface area contributed by atoms with E-state index in [1.807, 2.05) is 30.3 Å². The predicted molar refractivity (Wildman–Crippen MR) is 90.9 cm³/mol. The summed E-state index contributed by atoms with van der Waals surface area (Å²) in [7, 11) is 0. The van der Waals surface area contributed by atoms with Gasteiger partial charge in [-0.25, -0.2) is 18.7 Å². The van der Waals surface area contributed by atoms with E-state index in [-0.39, 0.29) is 5.56 Å². The van der Waals surface area contributed by atoms with E-state index in [2.05, 4.69) is 20.2 Å². The molecule has 0 radical (unpaired) electrons. The van der Waals surface area contributed by atoms with Gasteiger partial charge in [-0.2, -0.15) is 0 Å². The molecule has 27 heavy (non-hydrogen) atoms. The van der Waals surface area contributed by atoms with Gasteiger partial charge in [0.25, 0.3) is 11.8 Å².